The van der Waals surface area contributed by atoms with E-state index in [9.17, 15) is 0 Å². The van der Waals surface area contributed by atoms with E-state index in [-0.39, 0.29) is 5.38 Å². The minimum Gasteiger partial charge on any atom is -0.333 e. The summed E-state index contributed by atoms with van der Waals surface area (Å²) < 4.78 is 5.00. The highest BCUT2D eigenvalue weighted by Gasteiger charge is 2.13. The van der Waals surface area contributed by atoms with Crippen molar-refractivity contribution in [3.63, 3.8) is 0 Å². The van der Waals surface area contributed by atoms with Gasteiger partial charge in [-0.15, -0.1) is 22.9 Å². The molecule has 0 bridgehead atoms. The van der Waals surface area contributed by atoms with Crippen LogP contribution >= 0.6 is 22.9 Å². The number of rotatable bonds is 2. The first kappa shape index (κ1) is 8.65. The molecule has 0 spiro atoms. The van der Waals surface area contributed by atoms with Gasteiger partial charge in [-0.25, -0.2) is 0 Å². The van der Waals surface area contributed by atoms with Crippen molar-refractivity contribution in [1.29, 1.82) is 0 Å². The zero-order chi connectivity index (χ0) is 9.26. The summed E-state index contributed by atoms with van der Waals surface area (Å²) >= 11 is 7.23. The van der Waals surface area contributed by atoms with Crippen LogP contribution in [-0.4, -0.2) is 15.1 Å². The summed E-state index contributed by atoms with van der Waals surface area (Å²) in [7, 11) is 0. The SMILES string of the molecule is CC(Cl)c1noc(-c2cncs2)n1. The Hall–Kier alpha value is -0.940. The van der Waals surface area contributed by atoms with E-state index in [0.717, 1.165) is 4.88 Å². The van der Waals surface area contributed by atoms with Gasteiger partial charge in [0.15, 0.2) is 5.82 Å². The second-order valence-corrected chi connectivity index (χ2v) is 3.98. The molecule has 0 radical (unpaired) electrons. The van der Waals surface area contributed by atoms with Crippen LogP contribution in [0.25, 0.3) is 10.8 Å². The Kier molecular flexibility index (Phi) is 2.28. The highest BCUT2D eigenvalue weighted by molar-refractivity contribution is 7.13. The van der Waals surface area contributed by atoms with Gasteiger partial charge < -0.3 is 4.52 Å². The lowest BCUT2D eigenvalue weighted by molar-refractivity contribution is 0.423. The van der Waals surface area contributed by atoms with Gasteiger partial charge >= 0.3 is 0 Å². The van der Waals surface area contributed by atoms with E-state index in [0.29, 0.717) is 11.7 Å². The Bertz CT molecular complexity index is 384. The first-order valence-corrected chi connectivity index (χ1v) is 4.95. The summed E-state index contributed by atoms with van der Waals surface area (Å²) in [5.74, 6) is 0.982. The smallest absolute Gasteiger partial charge is 0.269 e. The van der Waals surface area contributed by atoms with E-state index in [1.165, 1.54) is 11.3 Å². The van der Waals surface area contributed by atoms with Gasteiger partial charge in [0, 0.05) is 0 Å². The van der Waals surface area contributed by atoms with Crippen molar-refractivity contribution in [2.45, 2.75) is 12.3 Å². The van der Waals surface area contributed by atoms with Crippen LogP contribution in [0.2, 0.25) is 0 Å². The Labute approximate surface area is 83.6 Å². The molecule has 68 valence electrons. The second-order valence-electron chi connectivity index (χ2n) is 2.44. The van der Waals surface area contributed by atoms with Crippen molar-refractivity contribution in [3.05, 3.63) is 17.5 Å². The highest BCUT2D eigenvalue weighted by Crippen LogP contribution is 2.23. The van der Waals surface area contributed by atoms with Crippen molar-refractivity contribution in [2.24, 2.45) is 0 Å². The first-order chi connectivity index (χ1) is 6.27. The Morgan fingerprint density at radius 2 is 2.46 bits per heavy atom. The molecule has 0 saturated heterocycles. The lowest BCUT2D eigenvalue weighted by Gasteiger charge is -1.88. The predicted octanol–water partition coefficient (Wildman–Crippen LogP) is 2.49. The third-order valence-electron chi connectivity index (χ3n) is 1.44. The normalized spacial score (nSPS) is 13.1. The summed E-state index contributed by atoms with van der Waals surface area (Å²) in [5, 5.41) is 3.50. The molecular formula is C7H6ClN3OS. The monoisotopic (exact) mass is 215 g/mol. The highest BCUT2D eigenvalue weighted by atomic mass is 35.5. The molecule has 0 aliphatic rings. The largest absolute Gasteiger partial charge is 0.333 e. The molecule has 2 aromatic heterocycles. The molecule has 0 aliphatic carbocycles. The number of hydrogen-bond donors (Lipinski definition) is 0. The Morgan fingerprint density at radius 1 is 1.62 bits per heavy atom. The van der Waals surface area contributed by atoms with Crippen LogP contribution in [0.4, 0.5) is 0 Å². The summed E-state index contributed by atoms with van der Waals surface area (Å²) in [6.45, 7) is 1.79. The molecule has 0 N–H and O–H groups in total. The van der Waals surface area contributed by atoms with E-state index in [1.54, 1.807) is 18.6 Å². The van der Waals surface area contributed by atoms with Crippen molar-refractivity contribution < 1.29 is 4.52 Å². The Morgan fingerprint density at radius 3 is 3.00 bits per heavy atom. The Balaban J connectivity index is 2.33. The average Bonchev–Trinajstić information content (AvgIpc) is 2.75. The van der Waals surface area contributed by atoms with Crippen molar-refractivity contribution >= 4 is 22.9 Å². The molecule has 0 aliphatic heterocycles. The van der Waals surface area contributed by atoms with Crippen LogP contribution in [0.3, 0.4) is 0 Å². The topological polar surface area (TPSA) is 51.8 Å². The lowest BCUT2D eigenvalue weighted by atomic mass is 10.4. The third-order valence-corrected chi connectivity index (χ3v) is 2.40. The zero-order valence-corrected chi connectivity index (χ0v) is 8.34. The van der Waals surface area contributed by atoms with Gasteiger partial charge in [0.05, 0.1) is 17.1 Å². The molecule has 2 aromatic rings. The quantitative estimate of drug-likeness (QED) is 0.723. The fraction of sp³-hybridized carbons (Fsp3) is 0.286. The van der Waals surface area contributed by atoms with Crippen LogP contribution in [0.1, 0.15) is 18.1 Å². The zero-order valence-electron chi connectivity index (χ0n) is 6.77. The average molecular weight is 216 g/mol. The summed E-state index contributed by atoms with van der Waals surface area (Å²) in [4.78, 5) is 8.88. The fourth-order valence-corrected chi connectivity index (χ4v) is 1.45. The molecule has 1 atom stereocenters. The molecule has 1 unspecified atom stereocenters. The molecule has 13 heavy (non-hydrogen) atoms. The molecule has 0 fully saturated rings. The van der Waals surface area contributed by atoms with E-state index >= 15 is 0 Å². The van der Waals surface area contributed by atoms with Crippen LogP contribution in [0.15, 0.2) is 16.2 Å². The molecular weight excluding hydrogens is 210 g/mol. The van der Waals surface area contributed by atoms with Gasteiger partial charge in [-0.1, -0.05) is 5.16 Å². The fourth-order valence-electron chi connectivity index (χ4n) is 0.818. The van der Waals surface area contributed by atoms with Gasteiger partial charge in [0.1, 0.15) is 4.88 Å². The molecule has 0 amide bonds. The molecule has 0 aromatic carbocycles. The standard InChI is InChI=1S/C7H6ClN3OS/c1-4(8)6-10-7(12-11-6)5-2-9-3-13-5/h2-4H,1H3. The van der Waals surface area contributed by atoms with E-state index in [1.807, 2.05) is 0 Å². The van der Waals surface area contributed by atoms with Crippen LogP contribution in [-0.2, 0) is 0 Å². The van der Waals surface area contributed by atoms with Crippen molar-refractivity contribution in [1.82, 2.24) is 15.1 Å². The maximum atomic E-state index is 5.78. The molecule has 4 nitrogen and oxygen atoms in total. The third kappa shape index (κ3) is 1.71. The van der Waals surface area contributed by atoms with Gasteiger partial charge in [0.2, 0.25) is 0 Å². The summed E-state index contributed by atoms with van der Waals surface area (Å²) in [6, 6.07) is 0. The van der Waals surface area contributed by atoms with Crippen LogP contribution < -0.4 is 0 Å². The van der Waals surface area contributed by atoms with Crippen molar-refractivity contribution in [3.8, 4) is 10.8 Å². The molecule has 6 heteroatoms. The maximum absolute atomic E-state index is 5.78. The molecule has 2 rings (SSSR count). The minimum absolute atomic E-state index is 0.231. The van der Waals surface area contributed by atoms with Crippen LogP contribution in [0, 0.1) is 0 Å². The first-order valence-electron chi connectivity index (χ1n) is 3.64. The number of alkyl halides is 1. The van der Waals surface area contributed by atoms with Crippen molar-refractivity contribution in [2.75, 3.05) is 0 Å². The lowest BCUT2D eigenvalue weighted by Crippen LogP contribution is -1.85. The van der Waals surface area contributed by atoms with E-state index in [2.05, 4.69) is 15.1 Å². The summed E-state index contributed by atoms with van der Waals surface area (Å²) in [5.41, 5.74) is 1.71. The minimum atomic E-state index is -0.231. The van der Waals surface area contributed by atoms with Gasteiger partial charge in [-0.2, -0.15) is 4.98 Å². The summed E-state index contributed by atoms with van der Waals surface area (Å²) in [6.07, 6.45) is 1.68. The number of hydrogen-bond acceptors (Lipinski definition) is 5. The van der Waals surface area contributed by atoms with Gasteiger partial charge in [-0.3, -0.25) is 4.98 Å². The van der Waals surface area contributed by atoms with E-state index < -0.39 is 0 Å². The molecule has 2 heterocycles. The predicted molar refractivity (Wildman–Crippen MR) is 49.7 cm³/mol. The maximum Gasteiger partial charge on any atom is 0.269 e. The number of aromatic nitrogens is 3. The van der Waals surface area contributed by atoms with Gasteiger partial charge in [0.25, 0.3) is 5.89 Å². The van der Waals surface area contributed by atoms with Crippen LogP contribution in [0.5, 0.6) is 0 Å². The second kappa shape index (κ2) is 3.43. The number of nitrogens with zero attached hydrogens (tertiary/aromatic N) is 3. The molecule has 0 saturated carbocycles. The van der Waals surface area contributed by atoms with Gasteiger partial charge in [-0.05, 0) is 6.92 Å². The van der Waals surface area contributed by atoms with E-state index in [4.69, 9.17) is 16.1 Å². The number of halogens is 1. The number of thiazole rings is 1.